The molecule has 10 nitrogen and oxygen atoms in total. The molecule has 0 saturated heterocycles. The van der Waals surface area contributed by atoms with Crippen LogP contribution in [0, 0.1) is 0 Å². The van der Waals surface area contributed by atoms with E-state index in [2.05, 4.69) is 0 Å². The van der Waals surface area contributed by atoms with Gasteiger partial charge in [-0.25, -0.2) is 0 Å². The Morgan fingerprint density at radius 1 is 0.629 bits per heavy atom. The Kier molecular flexibility index (Phi) is 9.27. The molecule has 0 aliphatic rings. The van der Waals surface area contributed by atoms with E-state index in [4.69, 9.17) is 23.7 Å². The van der Waals surface area contributed by atoms with Crippen molar-refractivity contribution in [3.63, 3.8) is 0 Å². The van der Waals surface area contributed by atoms with Crippen LogP contribution in [0.2, 0.25) is 0 Å². The smallest absolute Gasteiger partial charge is 0.308 e. The molecule has 184 valence electrons. The van der Waals surface area contributed by atoms with Gasteiger partial charge in [-0.1, -0.05) is 12.1 Å². The molecule has 0 fully saturated rings. The monoisotopic (exact) mass is 484 g/mol. The summed E-state index contributed by atoms with van der Waals surface area (Å²) >= 11 is 0. The van der Waals surface area contributed by atoms with Crippen LogP contribution in [0.3, 0.4) is 0 Å². The third-order valence-electron chi connectivity index (χ3n) is 4.02. The first-order valence-corrected chi connectivity index (χ1v) is 10.3. The van der Waals surface area contributed by atoms with E-state index in [0.29, 0.717) is 5.75 Å². The zero-order chi connectivity index (χ0) is 26.1. The molecule has 0 bridgehead atoms. The van der Waals surface area contributed by atoms with Gasteiger partial charge in [-0.2, -0.15) is 0 Å². The molecule has 0 saturated carbocycles. The molecule has 0 aromatic heterocycles. The molecule has 0 aliphatic carbocycles. The summed E-state index contributed by atoms with van der Waals surface area (Å²) in [5.41, 5.74) is 0.739. The number of rotatable bonds is 8. The van der Waals surface area contributed by atoms with Crippen molar-refractivity contribution in [3.8, 4) is 23.0 Å². The number of carbonyl (C=O) groups is 5. The summed E-state index contributed by atoms with van der Waals surface area (Å²) in [5, 5.41) is 0. The van der Waals surface area contributed by atoms with Gasteiger partial charge in [0.2, 0.25) is 0 Å². The second-order valence-corrected chi connectivity index (χ2v) is 7.18. The van der Waals surface area contributed by atoms with Crippen LogP contribution in [0.5, 0.6) is 23.0 Å². The Labute approximate surface area is 201 Å². The molecular formula is C25H24O10. The Bertz CT molecular complexity index is 1140. The predicted molar refractivity (Wildman–Crippen MR) is 122 cm³/mol. The molecule has 0 N–H and O–H groups in total. The Hall–Kier alpha value is -4.47. The van der Waals surface area contributed by atoms with Crippen molar-refractivity contribution in [1.29, 1.82) is 0 Å². The molecule has 0 amide bonds. The maximum absolute atomic E-state index is 11.9. The van der Waals surface area contributed by atoms with Crippen LogP contribution >= 0.6 is 0 Å². The summed E-state index contributed by atoms with van der Waals surface area (Å²) in [6.45, 7) is 5.92. The van der Waals surface area contributed by atoms with Gasteiger partial charge in [0.05, 0.1) is 0 Å². The maximum atomic E-state index is 11.9. The van der Waals surface area contributed by atoms with Gasteiger partial charge in [0, 0.05) is 46.8 Å². The van der Waals surface area contributed by atoms with Gasteiger partial charge in [-0.3, -0.25) is 24.0 Å². The number of carbonyl (C=O) groups excluding carboxylic acids is 5. The van der Waals surface area contributed by atoms with E-state index >= 15 is 0 Å². The summed E-state index contributed by atoms with van der Waals surface area (Å²) < 4.78 is 25.9. The molecule has 0 spiro atoms. The van der Waals surface area contributed by atoms with E-state index in [1.807, 2.05) is 0 Å². The quantitative estimate of drug-likeness (QED) is 0.311. The van der Waals surface area contributed by atoms with E-state index in [9.17, 15) is 24.0 Å². The normalized spacial score (nSPS) is 10.7. The lowest BCUT2D eigenvalue weighted by Gasteiger charge is -2.17. The Morgan fingerprint density at radius 2 is 1.09 bits per heavy atom. The fourth-order valence-corrected chi connectivity index (χ4v) is 2.92. The highest BCUT2D eigenvalue weighted by atomic mass is 16.6. The van der Waals surface area contributed by atoms with Crippen LogP contribution in [-0.2, 0) is 35.1 Å². The standard InChI is InChI=1S/C25H24O10/c1-14(26)31-20-9-6-19(7-10-20)8-11-22(33-16(3)28)25-23(34-17(4)29)12-21(32-15(2)27)13-24(25)35-18(5)30/h6-7,9-13H,8H2,1-5H3/b22-11+. The van der Waals surface area contributed by atoms with Gasteiger partial charge < -0.3 is 23.7 Å². The fourth-order valence-electron chi connectivity index (χ4n) is 2.92. The summed E-state index contributed by atoms with van der Waals surface area (Å²) in [6.07, 6.45) is 1.75. The van der Waals surface area contributed by atoms with E-state index in [0.717, 1.165) is 19.4 Å². The first-order chi connectivity index (χ1) is 16.4. The summed E-state index contributed by atoms with van der Waals surface area (Å²) in [7, 11) is 0. The Balaban J connectivity index is 2.61. The number of hydrogen-bond acceptors (Lipinski definition) is 10. The molecule has 0 radical (unpaired) electrons. The zero-order valence-electron chi connectivity index (χ0n) is 19.8. The zero-order valence-corrected chi connectivity index (χ0v) is 19.8. The highest BCUT2D eigenvalue weighted by molar-refractivity contribution is 5.85. The van der Waals surface area contributed by atoms with E-state index in [-0.39, 0.29) is 35.0 Å². The van der Waals surface area contributed by atoms with Crippen LogP contribution < -0.4 is 18.9 Å². The molecule has 0 unspecified atom stereocenters. The largest absolute Gasteiger partial charge is 0.427 e. The first kappa shape index (κ1) is 26.8. The third kappa shape index (κ3) is 8.77. The highest BCUT2D eigenvalue weighted by Gasteiger charge is 2.23. The van der Waals surface area contributed by atoms with Crippen molar-refractivity contribution in [2.24, 2.45) is 0 Å². The lowest BCUT2D eigenvalue weighted by Crippen LogP contribution is -2.11. The van der Waals surface area contributed by atoms with Crippen LogP contribution in [0.15, 0.2) is 42.5 Å². The molecule has 35 heavy (non-hydrogen) atoms. The molecule has 10 heteroatoms. The number of benzene rings is 2. The molecule has 0 heterocycles. The van der Waals surface area contributed by atoms with Crippen LogP contribution in [0.4, 0.5) is 0 Å². The van der Waals surface area contributed by atoms with Crippen molar-refractivity contribution < 1.29 is 47.7 Å². The van der Waals surface area contributed by atoms with Gasteiger partial charge >= 0.3 is 29.8 Å². The van der Waals surface area contributed by atoms with E-state index < -0.39 is 29.8 Å². The summed E-state index contributed by atoms with van der Waals surface area (Å²) in [6, 6.07) is 9.05. The third-order valence-corrected chi connectivity index (χ3v) is 4.02. The van der Waals surface area contributed by atoms with Crippen molar-refractivity contribution >= 4 is 35.6 Å². The van der Waals surface area contributed by atoms with Gasteiger partial charge in [0.1, 0.15) is 34.3 Å². The number of allylic oxidation sites excluding steroid dienone is 1. The van der Waals surface area contributed by atoms with E-state index in [1.165, 1.54) is 39.0 Å². The van der Waals surface area contributed by atoms with Crippen molar-refractivity contribution in [3.05, 3.63) is 53.6 Å². The molecule has 0 aliphatic heterocycles. The second kappa shape index (κ2) is 12.1. The molecule has 0 atom stereocenters. The van der Waals surface area contributed by atoms with Crippen molar-refractivity contribution in [2.75, 3.05) is 0 Å². The van der Waals surface area contributed by atoms with Crippen molar-refractivity contribution in [2.45, 2.75) is 41.0 Å². The highest BCUT2D eigenvalue weighted by Crippen LogP contribution is 2.40. The van der Waals surface area contributed by atoms with Crippen LogP contribution in [-0.4, -0.2) is 29.8 Å². The Morgan fingerprint density at radius 3 is 1.51 bits per heavy atom. The summed E-state index contributed by atoms with van der Waals surface area (Å²) in [4.78, 5) is 57.9. The number of hydrogen-bond donors (Lipinski definition) is 0. The lowest BCUT2D eigenvalue weighted by atomic mass is 10.1. The van der Waals surface area contributed by atoms with Gasteiger partial charge in [-0.15, -0.1) is 0 Å². The molecule has 2 rings (SSSR count). The lowest BCUT2D eigenvalue weighted by molar-refractivity contribution is -0.134. The second-order valence-electron chi connectivity index (χ2n) is 7.18. The van der Waals surface area contributed by atoms with Gasteiger partial charge in [0.15, 0.2) is 0 Å². The minimum atomic E-state index is -0.719. The minimum absolute atomic E-state index is 0.0157. The SMILES string of the molecule is CC(=O)O/C(=C/Cc1ccc(OC(C)=O)cc1)c1c(OC(C)=O)cc(OC(C)=O)cc1OC(C)=O. The number of esters is 5. The maximum Gasteiger partial charge on any atom is 0.308 e. The van der Waals surface area contributed by atoms with Crippen LogP contribution in [0.25, 0.3) is 5.76 Å². The topological polar surface area (TPSA) is 132 Å². The fraction of sp³-hybridized carbons (Fsp3) is 0.240. The van der Waals surface area contributed by atoms with E-state index in [1.54, 1.807) is 24.3 Å². The number of ether oxygens (including phenoxy) is 5. The van der Waals surface area contributed by atoms with Gasteiger partial charge in [0.25, 0.3) is 0 Å². The van der Waals surface area contributed by atoms with Gasteiger partial charge in [-0.05, 0) is 30.2 Å². The molecular weight excluding hydrogens is 460 g/mol. The van der Waals surface area contributed by atoms with Crippen molar-refractivity contribution in [1.82, 2.24) is 0 Å². The average Bonchev–Trinajstić information content (AvgIpc) is 2.70. The minimum Gasteiger partial charge on any atom is -0.427 e. The average molecular weight is 484 g/mol. The molecule has 2 aromatic rings. The first-order valence-electron chi connectivity index (χ1n) is 10.3. The summed E-state index contributed by atoms with van der Waals surface area (Å²) in [5.74, 6) is -3.33. The van der Waals surface area contributed by atoms with Crippen LogP contribution in [0.1, 0.15) is 45.7 Å². The predicted octanol–water partition coefficient (Wildman–Crippen LogP) is 3.53. The molecule has 2 aromatic carbocycles.